The minimum absolute atomic E-state index is 0.0657. The van der Waals surface area contributed by atoms with E-state index in [9.17, 15) is 9.18 Å². The lowest BCUT2D eigenvalue weighted by atomic mass is 9.75. The highest BCUT2D eigenvalue weighted by molar-refractivity contribution is 5.84. The van der Waals surface area contributed by atoms with Crippen molar-refractivity contribution in [1.82, 2.24) is 10.6 Å². The molecule has 0 aliphatic carbocycles. The van der Waals surface area contributed by atoms with E-state index in [1.165, 1.54) is 6.07 Å². The average Bonchev–Trinajstić information content (AvgIpc) is 2.92. The molecule has 1 fully saturated rings. The van der Waals surface area contributed by atoms with Crippen molar-refractivity contribution >= 4 is 5.91 Å². The Kier molecular flexibility index (Phi) is 4.67. The summed E-state index contributed by atoms with van der Waals surface area (Å²) >= 11 is 0. The molecule has 0 bridgehead atoms. The Hall–Kier alpha value is -1.42. The molecule has 1 saturated heterocycles. The Morgan fingerprint density at radius 2 is 2.10 bits per heavy atom. The van der Waals surface area contributed by atoms with Gasteiger partial charge in [-0.05, 0) is 49.9 Å². The molecule has 21 heavy (non-hydrogen) atoms. The highest BCUT2D eigenvalue weighted by atomic mass is 19.1. The molecule has 2 atom stereocenters. The molecular formula is C17H25FN2O. The van der Waals surface area contributed by atoms with Crippen LogP contribution in [0.1, 0.15) is 44.4 Å². The Labute approximate surface area is 126 Å². The van der Waals surface area contributed by atoms with Gasteiger partial charge < -0.3 is 10.6 Å². The molecule has 0 radical (unpaired) electrons. The van der Waals surface area contributed by atoms with Crippen LogP contribution in [0.2, 0.25) is 0 Å². The average molecular weight is 292 g/mol. The first-order chi connectivity index (χ1) is 9.86. The lowest BCUT2D eigenvalue weighted by Crippen LogP contribution is -2.46. The lowest BCUT2D eigenvalue weighted by molar-refractivity contribution is -0.133. The van der Waals surface area contributed by atoms with Crippen LogP contribution >= 0.6 is 0 Å². The molecule has 0 spiro atoms. The number of benzene rings is 1. The second-order valence-corrected chi connectivity index (χ2v) is 6.44. The maximum atomic E-state index is 13.7. The standard InChI is InChI=1S/C17H25FN2O/c1-11(2)17(7-8-19-10-17)16(21)20-13(4)14-6-5-12(3)15(18)9-14/h5-6,9,11,13,19H,7-8,10H2,1-4H3,(H,20,21). The van der Waals surface area contributed by atoms with Crippen molar-refractivity contribution in [2.75, 3.05) is 13.1 Å². The summed E-state index contributed by atoms with van der Waals surface area (Å²) in [5.41, 5.74) is 1.07. The van der Waals surface area contributed by atoms with Crippen LogP contribution in [-0.4, -0.2) is 19.0 Å². The third-order valence-corrected chi connectivity index (χ3v) is 4.79. The predicted octanol–water partition coefficient (Wildman–Crippen LogP) is 2.95. The predicted molar refractivity (Wildman–Crippen MR) is 82.5 cm³/mol. The molecule has 1 aliphatic rings. The molecule has 2 N–H and O–H groups in total. The SMILES string of the molecule is Cc1ccc(C(C)NC(=O)C2(C(C)C)CCNC2)cc1F. The molecular weight excluding hydrogens is 267 g/mol. The highest BCUT2D eigenvalue weighted by Gasteiger charge is 2.44. The Balaban J connectivity index is 2.12. The quantitative estimate of drug-likeness (QED) is 0.896. The second-order valence-electron chi connectivity index (χ2n) is 6.44. The van der Waals surface area contributed by atoms with Crippen molar-refractivity contribution in [2.24, 2.45) is 11.3 Å². The van der Waals surface area contributed by atoms with E-state index in [1.807, 2.05) is 13.0 Å². The number of rotatable bonds is 4. The van der Waals surface area contributed by atoms with Gasteiger partial charge in [0.2, 0.25) is 5.91 Å². The number of nitrogens with one attached hydrogen (secondary N) is 2. The smallest absolute Gasteiger partial charge is 0.228 e. The zero-order chi connectivity index (χ0) is 15.6. The van der Waals surface area contributed by atoms with Crippen molar-refractivity contribution in [2.45, 2.75) is 40.2 Å². The topological polar surface area (TPSA) is 41.1 Å². The van der Waals surface area contributed by atoms with E-state index in [4.69, 9.17) is 0 Å². The first-order valence-corrected chi connectivity index (χ1v) is 7.64. The summed E-state index contributed by atoms with van der Waals surface area (Å²) < 4.78 is 13.7. The highest BCUT2D eigenvalue weighted by Crippen LogP contribution is 2.35. The van der Waals surface area contributed by atoms with Gasteiger partial charge in [-0.1, -0.05) is 26.0 Å². The van der Waals surface area contributed by atoms with Crippen molar-refractivity contribution in [1.29, 1.82) is 0 Å². The second kappa shape index (κ2) is 6.14. The van der Waals surface area contributed by atoms with E-state index in [1.54, 1.807) is 13.0 Å². The van der Waals surface area contributed by atoms with Crippen LogP contribution in [0.25, 0.3) is 0 Å². The molecule has 1 heterocycles. The molecule has 1 aromatic carbocycles. The number of hydrogen-bond donors (Lipinski definition) is 2. The number of hydrogen-bond acceptors (Lipinski definition) is 2. The summed E-state index contributed by atoms with van der Waals surface area (Å²) in [5, 5.41) is 6.35. The summed E-state index contributed by atoms with van der Waals surface area (Å²) in [6.45, 7) is 9.40. The number of carbonyl (C=O) groups is 1. The minimum atomic E-state index is -0.350. The fraction of sp³-hybridized carbons (Fsp3) is 0.588. The van der Waals surface area contributed by atoms with E-state index < -0.39 is 0 Å². The molecule has 1 amide bonds. The third kappa shape index (κ3) is 3.10. The van der Waals surface area contributed by atoms with Gasteiger partial charge in [0.05, 0.1) is 11.5 Å². The normalized spacial score (nSPS) is 23.3. The molecule has 1 aromatic rings. The van der Waals surface area contributed by atoms with E-state index in [2.05, 4.69) is 24.5 Å². The van der Waals surface area contributed by atoms with E-state index in [0.29, 0.717) is 12.1 Å². The van der Waals surface area contributed by atoms with Crippen molar-refractivity contribution < 1.29 is 9.18 Å². The van der Waals surface area contributed by atoms with E-state index in [-0.39, 0.29) is 29.1 Å². The zero-order valence-corrected chi connectivity index (χ0v) is 13.3. The van der Waals surface area contributed by atoms with E-state index >= 15 is 0 Å². The molecule has 2 unspecified atom stereocenters. The maximum Gasteiger partial charge on any atom is 0.228 e. The largest absolute Gasteiger partial charge is 0.349 e. The van der Waals surface area contributed by atoms with Gasteiger partial charge in [-0.2, -0.15) is 0 Å². The molecule has 0 saturated carbocycles. The van der Waals surface area contributed by atoms with Crippen LogP contribution in [-0.2, 0) is 4.79 Å². The van der Waals surface area contributed by atoms with Gasteiger partial charge in [0.25, 0.3) is 0 Å². The van der Waals surface area contributed by atoms with Crippen molar-refractivity contribution in [3.63, 3.8) is 0 Å². The molecule has 4 heteroatoms. The van der Waals surface area contributed by atoms with Gasteiger partial charge >= 0.3 is 0 Å². The number of aryl methyl sites for hydroxylation is 1. The summed E-state index contributed by atoms with van der Waals surface area (Å²) in [7, 11) is 0. The summed E-state index contributed by atoms with van der Waals surface area (Å²) in [6, 6.07) is 4.94. The summed E-state index contributed by atoms with van der Waals surface area (Å²) in [6.07, 6.45) is 0.853. The first kappa shape index (κ1) is 16.0. The Morgan fingerprint density at radius 1 is 1.38 bits per heavy atom. The van der Waals surface area contributed by atoms with Crippen molar-refractivity contribution in [3.05, 3.63) is 35.1 Å². The van der Waals surface area contributed by atoms with Gasteiger partial charge in [0.1, 0.15) is 5.82 Å². The Morgan fingerprint density at radius 3 is 2.62 bits per heavy atom. The van der Waals surface area contributed by atoms with Crippen LogP contribution in [0.15, 0.2) is 18.2 Å². The monoisotopic (exact) mass is 292 g/mol. The first-order valence-electron chi connectivity index (χ1n) is 7.64. The van der Waals surface area contributed by atoms with E-state index in [0.717, 1.165) is 18.5 Å². The fourth-order valence-corrected chi connectivity index (χ4v) is 2.96. The van der Waals surface area contributed by atoms with Gasteiger partial charge in [-0.3, -0.25) is 4.79 Å². The zero-order valence-electron chi connectivity index (χ0n) is 13.3. The number of amides is 1. The third-order valence-electron chi connectivity index (χ3n) is 4.79. The maximum absolute atomic E-state index is 13.7. The number of halogens is 1. The summed E-state index contributed by atoms with van der Waals surface area (Å²) in [5.74, 6) is 0.111. The fourth-order valence-electron chi connectivity index (χ4n) is 2.96. The molecule has 0 aromatic heterocycles. The van der Waals surface area contributed by atoms with Crippen molar-refractivity contribution in [3.8, 4) is 0 Å². The van der Waals surface area contributed by atoms with Crippen LogP contribution in [0.5, 0.6) is 0 Å². The van der Waals surface area contributed by atoms with Gasteiger partial charge in [-0.15, -0.1) is 0 Å². The molecule has 116 valence electrons. The molecule has 3 nitrogen and oxygen atoms in total. The van der Waals surface area contributed by atoms with Gasteiger partial charge in [-0.25, -0.2) is 4.39 Å². The van der Waals surface area contributed by atoms with Crippen LogP contribution in [0, 0.1) is 24.1 Å². The molecule has 1 aliphatic heterocycles. The lowest BCUT2D eigenvalue weighted by Gasteiger charge is -2.32. The van der Waals surface area contributed by atoms with Crippen LogP contribution in [0.4, 0.5) is 4.39 Å². The summed E-state index contributed by atoms with van der Waals surface area (Å²) in [4.78, 5) is 12.7. The van der Waals surface area contributed by atoms with Gasteiger partial charge in [0, 0.05) is 6.54 Å². The molecule has 2 rings (SSSR count). The Bertz CT molecular complexity index is 522. The van der Waals surface area contributed by atoms with Crippen LogP contribution in [0.3, 0.4) is 0 Å². The number of carbonyl (C=O) groups excluding carboxylic acids is 1. The minimum Gasteiger partial charge on any atom is -0.349 e. The van der Waals surface area contributed by atoms with Crippen LogP contribution < -0.4 is 10.6 Å². The van der Waals surface area contributed by atoms with Gasteiger partial charge in [0.15, 0.2) is 0 Å².